The summed E-state index contributed by atoms with van der Waals surface area (Å²) in [6.07, 6.45) is 6.68. The first-order valence-electron chi connectivity index (χ1n) is 10.2. The number of anilines is 4. The molecule has 0 saturated carbocycles. The molecule has 0 amide bonds. The third-order valence-corrected chi connectivity index (χ3v) is 5.97. The molecule has 2 bridgehead atoms. The lowest BCUT2D eigenvalue weighted by atomic mass is 10.2. The van der Waals surface area contributed by atoms with Crippen molar-refractivity contribution >= 4 is 23.3 Å². The number of nitrogens with zero attached hydrogens (tertiary/aromatic N) is 7. The first kappa shape index (κ1) is 18.7. The lowest BCUT2D eigenvalue weighted by Crippen LogP contribution is -2.44. The standard InChI is InChI=1S/C22H26N8/c1-28(2)20-6-4-15(11-24-20)19-8-9-23-22(27-19)26-16-5-7-21(25-12-16)30-14-17-10-18(30)13-29(17)3/h4-9,11-12,17-18H,10,13-14H2,1-3H3,(H,23,26,27)/t17-,18-/m0/s1. The fourth-order valence-corrected chi connectivity index (χ4v) is 4.29. The minimum atomic E-state index is 0.542. The van der Waals surface area contributed by atoms with Gasteiger partial charge in [0.05, 0.1) is 17.6 Å². The van der Waals surface area contributed by atoms with Gasteiger partial charge in [-0.05, 0) is 43.8 Å². The van der Waals surface area contributed by atoms with E-state index in [2.05, 4.69) is 48.2 Å². The van der Waals surface area contributed by atoms with Gasteiger partial charge in [0.1, 0.15) is 11.6 Å². The van der Waals surface area contributed by atoms with Crippen LogP contribution in [-0.2, 0) is 0 Å². The van der Waals surface area contributed by atoms with Crippen LogP contribution in [0.2, 0.25) is 0 Å². The highest BCUT2D eigenvalue weighted by molar-refractivity contribution is 5.62. The Kier molecular flexibility index (Phi) is 4.71. The number of likely N-dealkylation sites (tertiary alicyclic amines) is 1. The highest BCUT2D eigenvalue weighted by Crippen LogP contribution is 2.33. The molecule has 2 fully saturated rings. The van der Waals surface area contributed by atoms with Crippen molar-refractivity contribution in [3.8, 4) is 11.3 Å². The second kappa shape index (κ2) is 7.53. The van der Waals surface area contributed by atoms with Crippen molar-refractivity contribution in [3.05, 3.63) is 48.9 Å². The number of pyridine rings is 2. The summed E-state index contributed by atoms with van der Waals surface area (Å²) in [7, 11) is 6.16. The maximum absolute atomic E-state index is 4.68. The smallest absolute Gasteiger partial charge is 0.227 e. The summed E-state index contributed by atoms with van der Waals surface area (Å²) in [5, 5.41) is 3.26. The largest absolute Gasteiger partial charge is 0.363 e. The molecule has 5 rings (SSSR count). The molecule has 2 saturated heterocycles. The molecule has 3 aromatic heterocycles. The summed E-state index contributed by atoms with van der Waals surface area (Å²) in [5.74, 6) is 2.50. The van der Waals surface area contributed by atoms with Gasteiger partial charge in [0, 0.05) is 57.2 Å². The van der Waals surface area contributed by atoms with Crippen LogP contribution in [-0.4, -0.2) is 71.2 Å². The number of piperazine rings is 1. The minimum absolute atomic E-state index is 0.542. The normalized spacial score (nSPS) is 20.6. The second-order valence-corrected chi connectivity index (χ2v) is 8.23. The third kappa shape index (κ3) is 3.54. The topological polar surface area (TPSA) is 73.3 Å². The van der Waals surface area contributed by atoms with Gasteiger partial charge in [-0.2, -0.15) is 0 Å². The Morgan fingerprint density at radius 3 is 2.50 bits per heavy atom. The average Bonchev–Trinajstić information content (AvgIpc) is 3.34. The SMILES string of the molecule is CN(C)c1ccc(-c2ccnc(Nc3ccc(N4C[C@@H]5C[C@H]4CN5C)nc3)n2)cn1. The van der Waals surface area contributed by atoms with Crippen LogP contribution in [0.25, 0.3) is 11.3 Å². The van der Waals surface area contributed by atoms with Crippen molar-refractivity contribution in [2.45, 2.75) is 18.5 Å². The first-order valence-corrected chi connectivity index (χ1v) is 10.2. The molecule has 0 radical (unpaired) electrons. The third-order valence-electron chi connectivity index (χ3n) is 5.97. The van der Waals surface area contributed by atoms with E-state index >= 15 is 0 Å². The number of hydrogen-bond donors (Lipinski definition) is 1. The van der Waals surface area contributed by atoms with Crippen LogP contribution in [0.15, 0.2) is 48.9 Å². The number of rotatable bonds is 5. The summed E-state index contributed by atoms with van der Waals surface area (Å²) in [4.78, 5) is 25.0. The van der Waals surface area contributed by atoms with Gasteiger partial charge in [0.2, 0.25) is 5.95 Å². The summed E-state index contributed by atoms with van der Waals surface area (Å²) < 4.78 is 0. The zero-order chi connectivity index (χ0) is 20.7. The molecule has 2 atom stereocenters. The van der Waals surface area contributed by atoms with Crippen LogP contribution in [0.4, 0.5) is 23.3 Å². The van der Waals surface area contributed by atoms with E-state index in [0.29, 0.717) is 18.0 Å². The molecule has 3 aromatic rings. The molecular weight excluding hydrogens is 376 g/mol. The van der Waals surface area contributed by atoms with Crippen molar-refractivity contribution in [1.29, 1.82) is 0 Å². The zero-order valence-electron chi connectivity index (χ0n) is 17.5. The molecule has 2 aliphatic heterocycles. The average molecular weight is 403 g/mol. The van der Waals surface area contributed by atoms with Gasteiger partial charge in [0.15, 0.2) is 0 Å². The van der Waals surface area contributed by atoms with E-state index < -0.39 is 0 Å². The fourth-order valence-electron chi connectivity index (χ4n) is 4.29. The Morgan fingerprint density at radius 1 is 0.967 bits per heavy atom. The molecule has 0 unspecified atom stereocenters. The Balaban J connectivity index is 1.29. The van der Waals surface area contributed by atoms with Crippen molar-refractivity contribution < 1.29 is 0 Å². The van der Waals surface area contributed by atoms with Gasteiger partial charge < -0.3 is 15.1 Å². The number of hydrogen-bond acceptors (Lipinski definition) is 8. The van der Waals surface area contributed by atoms with E-state index in [1.807, 2.05) is 55.7 Å². The maximum atomic E-state index is 4.68. The molecule has 1 N–H and O–H groups in total. The van der Waals surface area contributed by atoms with E-state index in [-0.39, 0.29) is 0 Å². The Labute approximate surface area is 176 Å². The number of fused-ring (bicyclic) bond motifs is 2. The molecule has 0 spiro atoms. The van der Waals surface area contributed by atoms with Crippen LogP contribution in [0.3, 0.4) is 0 Å². The molecule has 5 heterocycles. The monoisotopic (exact) mass is 402 g/mol. The van der Waals surface area contributed by atoms with Gasteiger partial charge in [-0.1, -0.05) is 0 Å². The molecule has 2 aliphatic rings. The first-order chi connectivity index (χ1) is 14.6. The van der Waals surface area contributed by atoms with E-state index in [1.165, 1.54) is 6.42 Å². The summed E-state index contributed by atoms with van der Waals surface area (Å²) >= 11 is 0. The van der Waals surface area contributed by atoms with Gasteiger partial charge in [-0.3, -0.25) is 4.90 Å². The molecule has 0 aliphatic carbocycles. The van der Waals surface area contributed by atoms with Crippen molar-refractivity contribution in [2.24, 2.45) is 0 Å². The molecule has 30 heavy (non-hydrogen) atoms. The number of likely N-dealkylation sites (N-methyl/N-ethyl adjacent to an activating group) is 1. The lowest BCUT2D eigenvalue weighted by molar-refractivity contribution is 0.292. The summed E-state index contributed by atoms with van der Waals surface area (Å²) in [5.41, 5.74) is 2.65. The zero-order valence-corrected chi connectivity index (χ0v) is 17.5. The lowest BCUT2D eigenvalue weighted by Gasteiger charge is -2.32. The van der Waals surface area contributed by atoms with Crippen LogP contribution in [0.5, 0.6) is 0 Å². The highest BCUT2D eigenvalue weighted by atomic mass is 15.4. The van der Waals surface area contributed by atoms with Crippen molar-refractivity contribution in [3.63, 3.8) is 0 Å². The van der Waals surface area contributed by atoms with E-state index in [4.69, 9.17) is 0 Å². The fraction of sp³-hybridized carbons (Fsp3) is 0.364. The molecule has 154 valence electrons. The van der Waals surface area contributed by atoms with Gasteiger partial charge in [0.25, 0.3) is 0 Å². The predicted octanol–water partition coefficient (Wildman–Crippen LogP) is 2.64. The summed E-state index contributed by atoms with van der Waals surface area (Å²) in [6, 6.07) is 11.3. The van der Waals surface area contributed by atoms with Crippen molar-refractivity contribution in [1.82, 2.24) is 24.8 Å². The molecule has 0 aromatic carbocycles. The quantitative estimate of drug-likeness (QED) is 0.698. The van der Waals surface area contributed by atoms with E-state index in [9.17, 15) is 0 Å². The van der Waals surface area contributed by atoms with Gasteiger partial charge in [-0.15, -0.1) is 0 Å². The minimum Gasteiger partial charge on any atom is -0.363 e. The highest BCUT2D eigenvalue weighted by Gasteiger charge is 2.41. The molecule has 8 nitrogen and oxygen atoms in total. The predicted molar refractivity (Wildman–Crippen MR) is 119 cm³/mol. The van der Waals surface area contributed by atoms with Crippen LogP contribution >= 0.6 is 0 Å². The molecular formula is C22H26N8. The van der Waals surface area contributed by atoms with Crippen molar-refractivity contribution in [2.75, 3.05) is 49.3 Å². The van der Waals surface area contributed by atoms with Crippen LogP contribution in [0.1, 0.15) is 6.42 Å². The van der Waals surface area contributed by atoms with E-state index in [1.54, 1.807) is 6.20 Å². The summed E-state index contributed by atoms with van der Waals surface area (Å²) in [6.45, 7) is 2.18. The van der Waals surface area contributed by atoms with Gasteiger partial charge in [-0.25, -0.2) is 19.9 Å². The van der Waals surface area contributed by atoms with Gasteiger partial charge >= 0.3 is 0 Å². The Morgan fingerprint density at radius 2 is 1.87 bits per heavy atom. The molecule has 8 heteroatoms. The van der Waals surface area contributed by atoms with E-state index in [0.717, 1.165) is 41.7 Å². The maximum Gasteiger partial charge on any atom is 0.227 e. The number of aromatic nitrogens is 4. The van der Waals surface area contributed by atoms with Crippen LogP contribution in [0, 0.1) is 0 Å². The Bertz CT molecular complexity index is 1020. The van der Waals surface area contributed by atoms with Crippen LogP contribution < -0.4 is 15.1 Å². The number of nitrogens with one attached hydrogen (secondary N) is 1. The Hall–Kier alpha value is -3.26. The second-order valence-electron chi connectivity index (χ2n) is 8.23.